The Morgan fingerprint density at radius 1 is 1.25 bits per heavy atom. The smallest absolute Gasteiger partial charge is 0.130 e. The Morgan fingerprint density at radius 2 is 2.19 bits per heavy atom. The maximum atomic E-state index is 5.86. The van der Waals surface area contributed by atoms with E-state index >= 15 is 0 Å². The Kier molecular flexibility index (Phi) is 2.13. The van der Waals surface area contributed by atoms with E-state index in [2.05, 4.69) is 36.2 Å². The predicted octanol–water partition coefficient (Wildman–Crippen LogP) is 3.07. The van der Waals surface area contributed by atoms with Gasteiger partial charge in [-0.2, -0.15) is 0 Å². The molecule has 0 aliphatic carbocycles. The molecule has 0 saturated heterocycles. The first-order valence-corrected chi connectivity index (χ1v) is 5.53. The first-order chi connectivity index (χ1) is 7.84. The fourth-order valence-corrected chi connectivity index (χ4v) is 2.19. The van der Waals surface area contributed by atoms with Crippen LogP contribution >= 0.6 is 0 Å². The average Bonchev–Trinajstić information content (AvgIpc) is 2.70. The summed E-state index contributed by atoms with van der Waals surface area (Å²) in [6.45, 7) is 2.10. The minimum absolute atomic E-state index is 0.285. The van der Waals surface area contributed by atoms with Gasteiger partial charge in [0.1, 0.15) is 11.9 Å². The fourth-order valence-electron chi connectivity index (χ4n) is 2.19. The number of nitrogens with zero attached hydrogens (tertiary/aromatic N) is 1. The highest BCUT2D eigenvalue weighted by molar-refractivity contribution is 5.72. The molecule has 2 nitrogen and oxygen atoms in total. The predicted molar refractivity (Wildman–Crippen MR) is 63.5 cm³/mol. The average molecular weight is 211 g/mol. The SMILES string of the molecule is CC1Cc2cccc(-c3cccnc3)c2O1. The Morgan fingerprint density at radius 3 is 3.00 bits per heavy atom. The van der Waals surface area contributed by atoms with Gasteiger partial charge < -0.3 is 4.74 Å². The standard InChI is InChI=1S/C14H13NO/c1-10-8-11-4-2-6-13(14(11)16-10)12-5-3-7-15-9-12/h2-7,9-10H,8H2,1H3. The highest BCUT2D eigenvalue weighted by Crippen LogP contribution is 2.38. The zero-order valence-corrected chi connectivity index (χ0v) is 9.18. The van der Waals surface area contributed by atoms with Gasteiger partial charge in [-0.25, -0.2) is 0 Å². The summed E-state index contributed by atoms with van der Waals surface area (Å²) in [4.78, 5) is 4.15. The van der Waals surface area contributed by atoms with Crippen LogP contribution in [-0.2, 0) is 6.42 Å². The van der Waals surface area contributed by atoms with Crippen molar-refractivity contribution in [3.8, 4) is 16.9 Å². The summed E-state index contributed by atoms with van der Waals surface area (Å²) >= 11 is 0. The summed E-state index contributed by atoms with van der Waals surface area (Å²) in [5.74, 6) is 1.03. The van der Waals surface area contributed by atoms with E-state index in [1.807, 2.05) is 12.3 Å². The molecule has 16 heavy (non-hydrogen) atoms. The van der Waals surface area contributed by atoms with Crippen molar-refractivity contribution in [1.82, 2.24) is 4.98 Å². The van der Waals surface area contributed by atoms with Crippen LogP contribution in [-0.4, -0.2) is 11.1 Å². The molecular formula is C14H13NO. The Bertz CT molecular complexity index is 507. The summed E-state index contributed by atoms with van der Waals surface area (Å²) in [7, 11) is 0. The van der Waals surface area contributed by atoms with Gasteiger partial charge in [0.15, 0.2) is 0 Å². The number of pyridine rings is 1. The van der Waals surface area contributed by atoms with Crippen molar-refractivity contribution in [2.75, 3.05) is 0 Å². The van der Waals surface area contributed by atoms with Gasteiger partial charge in [0.2, 0.25) is 0 Å². The lowest BCUT2D eigenvalue weighted by Gasteiger charge is -2.08. The number of benzene rings is 1. The summed E-state index contributed by atoms with van der Waals surface area (Å²) in [6.07, 6.45) is 4.95. The molecule has 0 fully saturated rings. The molecule has 1 unspecified atom stereocenters. The maximum absolute atomic E-state index is 5.86. The number of aromatic nitrogens is 1. The monoisotopic (exact) mass is 211 g/mol. The number of rotatable bonds is 1. The molecule has 1 aliphatic heterocycles. The lowest BCUT2D eigenvalue weighted by atomic mass is 10.0. The topological polar surface area (TPSA) is 22.1 Å². The second-order valence-electron chi connectivity index (χ2n) is 4.17. The second-order valence-corrected chi connectivity index (χ2v) is 4.17. The third-order valence-electron chi connectivity index (χ3n) is 2.90. The van der Waals surface area contributed by atoms with E-state index in [0.29, 0.717) is 0 Å². The van der Waals surface area contributed by atoms with E-state index in [0.717, 1.165) is 23.3 Å². The maximum Gasteiger partial charge on any atom is 0.130 e. The largest absolute Gasteiger partial charge is 0.489 e. The van der Waals surface area contributed by atoms with Crippen LogP contribution in [0.2, 0.25) is 0 Å². The molecule has 0 bridgehead atoms. The van der Waals surface area contributed by atoms with Gasteiger partial charge >= 0.3 is 0 Å². The zero-order chi connectivity index (χ0) is 11.0. The number of hydrogen-bond donors (Lipinski definition) is 0. The van der Waals surface area contributed by atoms with Gasteiger partial charge in [0.25, 0.3) is 0 Å². The molecule has 1 aromatic heterocycles. The Labute approximate surface area is 94.9 Å². The van der Waals surface area contributed by atoms with Crippen LogP contribution in [0.4, 0.5) is 0 Å². The van der Waals surface area contributed by atoms with E-state index in [9.17, 15) is 0 Å². The van der Waals surface area contributed by atoms with Gasteiger partial charge in [-0.15, -0.1) is 0 Å². The van der Waals surface area contributed by atoms with Gasteiger partial charge in [0.05, 0.1) is 0 Å². The fraction of sp³-hybridized carbons (Fsp3) is 0.214. The van der Waals surface area contributed by atoms with Crippen molar-refractivity contribution in [1.29, 1.82) is 0 Å². The summed E-state index contributed by atoms with van der Waals surface area (Å²) in [5, 5.41) is 0. The van der Waals surface area contributed by atoms with E-state index < -0.39 is 0 Å². The van der Waals surface area contributed by atoms with Gasteiger partial charge in [0, 0.05) is 29.9 Å². The van der Waals surface area contributed by atoms with Crippen molar-refractivity contribution >= 4 is 0 Å². The minimum atomic E-state index is 0.285. The highest BCUT2D eigenvalue weighted by atomic mass is 16.5. The second kappa shape index (κ2) is 3.63. The number of ether oxygens (including phenoxy) is 1. The van der Waals surface area contributed by atoms with Crippen LogP contribution in [0.3, 0.4) is 0 Å². The molecule has 0 radical (unpaired) electrons. The van der Waals surface area contributed by atoms with Crippen molar-refractivity contribution in [3.63, 3.8) is 0 Å². The lowest BCUT2D eigenvalue weighted by Crippen LogP contribution is -2.05. The molecule has 80 valence electrons. The highest BCUT2D eigenvalue weighted by Gasteiger charge is 2.22. The number of para-hydroxylation sites is 1. The molecule has 0 N–H and O–H groups in total. The normalized spacial score (nSPS) is 17.9. The van der Waals surface area contributed by atoms with Gasteiger partial charge in [-0.1, -0.05) is 24.3 Å². The van der Waals surface area contributed by atoms with E-state index in [1.165, 1.54) is 5.56 Å². The van der Waals surface area contributed by atoms with Crippen molar-refractivity contribution < 1.29 is 4.74 Å². The summed E-state index contributed by atoms with van der Waals surface area (Å²) in [5.41, 5.74) is 3.57. The van der Waals surface area contributed by atoms with Gasteiger partial charge in [-0.3, -0.25) is 4.98 Å². The lowest BCUT2D eigenvalue weighted by molar-refractivity contribution is 0.255. The van der Waals surface area contributed by atoms with Crippen LogP contribution in [0.1, 0.15) is 12.5 Å². The van der Waals surface area contributed by atoms with Crippen LogP contribution in [0.5, 0.6) is 5.75 Å². The molecular weight excluding hydrogens is 198 g/mol. The first-order valence-electron chi connectivity index (χ1n) is 5.53. The molecule has 1 atom stereocenters. The zero-order valence-electron chi connectivity index (χ0n) is 9.18. The molecule has 2 heterocycles. The molecule has 0 spiro atoms. The van der Waals surface area contributed by atoms with Crippen LogP contribution in [0.15, 0.2) is 42.7 Å². The third-order valence-corrected chi connectivity index (χ3v) is 2.90. The number of hydrogen-bond acceptors (Lipinski definition) is 2. The third kappa shape index (κ3) is 1.47. The van der Waals surface area contributed by atoms with Crippen molar-refractivity contribution in [2.45, 2.75) is 19.4 Å². The first kappa shape index (κ1) is 9.40. The molecule has 2 heteroatoms. The molecule has 2 aromatic rings. The summed E-state index contributed by atoms with van der Waals surface area (Å²) in [6, 6.07) is 10.3. The van der Waals surface area contributed by atoms with Crippen molar-refractivity contribution in [2.24, 2.45) is 0 Å². The molecule has 0 saturated carbocycles. The quantitative estimate of drug-likeness (QED) is 0.723. The van der Waals surface area contributed by atoms with E-state index in [1.54, 1.807) is 6.20 Å². The molecule has 0 amide bonds. The van der Waals surface area contributed by atoms with Crippen LogP contribution in [0, 0.1) is 0 Å². The van der Waals surface area contributed by atoms with Crippen molar-refractivity contribution in [3.05, 3.63) is 48.3 Å². The Balaban J connectivity index is 2.14. The molecule has 1 aromatic carbocycles. The van der Waals surface area contributed by atoms with Crippen LogP contribution < -0.4 is 4.74 Å². The van der Waals surface area contributed by atoms with Crippen LogP contribution in [0.25, 0.3) is 11.1 Å². The molecule has 1 aliphatic rings. The van der Waals surface area contributed by atoms with E-state index in [4.69, 9.17) is 4.74 Å². The minimum Gasteiger partial charge on any atom is -0.489 e. The number of fused-ring (bicyclic) bond motifs is 1. The summed E-state index contributed by atoms with van der Waals surface area (Å²) < 4.78 is 5.86. The Hall–Kier alpha value is -1.83. The molecule has 3 rings (SSSR count). The van der Waals surface area contributed by atoms with Gasteiger partial charge in [-0.05, 0) is 18.6 Å². The van der Waals surface area contributed by atoms with E-state index in [-0.39, 0.29) is 6.10 Å².